The summed E-state index contributed by atoms with van der Waals surface area (Å²) in [5.74, 6) is -3.06. The van der Waals surface area contributed by atoms with E-state index in [1.165, 1.54) is 14.1 Å². The first-order valence-electron chi connectivity index (χ1n) is 4.43. The van der Waals surface area contributed by atoms with Gasteiger partial charge in [-0.15, -0.1) is 0 Å². The molecule has 8 heteroatoms. The largest absolute Gasteiger partial charge is 0.303 e. The van der Waals surface area contributed by atoms with Crippen molar-refractivity contribution in [1.29, 1.82) is 0 Å². The Labute approximate surface area is 97.2 Å². The molecule has 0 unspecified atom stereocenters. The number of amides is 1. The second-order valence-electron chi connectivity index (χ2n) is 3.34. The van der Waals surface area contributed by atoms with Gasteiger partial charge in [-0.05, 0) is 18.2 Å². The van der Waals surface area contributed by atoms with E-state index in [0.29, 0.717) is 6.07 Å². The first kappa shape index (κ1) is 13.5. The molecule has 0 radical (unpaired) electrons. The summed E-state index contributed by atoms with van der Waals surface area (Å²) in [6.07, 6.45) is 0. The zero-order valence-corrected chi connectivity index (χ0v) is 9.88. The summed E-state index contributed by atoms with van der Waals surface area (Å²) in [5.41, 5.74) is -0.671. The fourth-order valence-corrected chi connectivity index (χ4v) is 1.46. The van der Waals surface area contributed by atoms with Gasteiger partial charge in [0.05, 0.1) is 5.56 Å². The van der Waals surface area contributed by atoms with Gasteiger partial charge in [-0.3, -0.25) is 4.79 Å². The van der Waals surface area contributed by atoms with Crippen LogP contribution >= 0.6 is 0 Å². The van der Waals surface area contributed by atoms with Crippen molar-refractivity contribution in [2.75, 3.05) is 14.1 Å². The molecule has 0 fully saturated rings. The molecule has 1 aromatic carbocycles. The highest BCUT2D eigenvalue weighted by atomic mass is 32.2. The summed E-state index contributed by atoms with van der Waals surface area (Å²) in [6.45, 7) is 0. The van der Waals surface area contributed by atoms with Gasteiger partial charge in [0.15, 0.2) is 0 Å². The second-order valence-corrected chi connectivity index (χ2v) is 5.23. The average molecular weight is 264 g/mol. The van der Waals surface area contributed by atoms with Crippen LogP contribution in [0.3, 0.4) is 0 Å². The lowest BCUT2D eigenvalue weighted by Gasteiger charge is -2.12. The first-order chi connectivity index (χ1) is 7.74. The van der Waals surface area contributed by atoms with Gasteiger partial charge in [-0.25, -0.2) is 13.5 Å². The molecule has 94 valence electrons. The molecule has 5 nitrogen and oxygen atoms in total. The second kappa shape index (κ2) is 4.76. The van der Waals surface area contributed by atoms with Crippen molar-refractivity contribution in [2.45, 2.75) is 0 Å². The maximum atomic E-state index is 13.2. The van der Waals surface area contributed by atoms with Gasteiger partial charge in [0.25, 0.3) is 5.91 Å². The Hall–Kier alpha value is -1.54. The monoisotopic (exact) mass is 264 g/mol. The average Bonchev–Trinajstić information content (AvgIpc) is 2.20. The lowest BCUT2D eigenvalue weighted by molar-refractivity contribution is 0.0975. The standard InChI is InChI=1S/C9H10F2N2O3S/c1-13(2)17(15,16)12-9(14)7-5-6(10)3-4-8(7)11/h3-5H,1-2H3,(H,12,14). The molecule has 1 aromatic rings. The third kappa shape index (κ3) is 3.21. The molecule has 0 aliphatic heterocycles. The maximum absolute atomic E-state index is 13.2. The van der Waals surface area contributed by atoms with Gasteiger partial charge in [0.1, 0.15) is 11.6 Å². The highest BCUT2D eigenvalue weighted by molar-refractivity contribution is 7.87. The van der Waals surface area contributed by atoms with Crippen LogP contribution in [0.1, 0.15) is 10.4 Å². The van der Waals surface area contributed by atoms with E-state index in [1.54, 1.807) is 4.72 Å². The molecule has 0 aliphatic carbocycles. The Morgan fingerprint density at radius 3 is 2.41 bits per heavy atom. The van der Waals surface area contributed by atoms with E-state index in [4.69, 9.17) is 0 Å². The molecule has 0 spiro atoms. The van der Waals surface area contributed by atoms with Crippen molar-refractivity contribution in [3.63, 3.8) is 0 Å². The molecule has 0 aromatic heterocycles. The van der Waals surface area contributed by atoms with Crippen molar-refractivity contribution in [1.82, 2.24) is 9.03 Å². The molecule has 1 rings (SSSR count). The fraction of sp³-hybridized carbons (Fsp3) is 0.222. The molecular formula is C9H10F2N2O3S. The Kier molecular flexibility index (Phi) is 3.79. The molecule has 17 heavy (non-hydrogen) atoms. The third-order valence-corrected chi connectivity index (χ3v) is 3.28. The summed E-state index contributed by atoms with van der Waals surface area (Å²) >= 11 is 0. The normalized spacial score (nSPS) is 11.6. The molecule has 0 saturated carbocycles. The molecule has 0 saturated heterocycles. The number of benzene rings is 1. The van der Waals surface area contributed by atoms with Gasteiger partial charge in [-0.2, -0.15) is 12.7 Å². The lowest BCUT2D eigenvalue weighted by Crippen LogP contribution is -2.39. The number of rotatable bonds is 3. The minimum atomic E-state index is -4.03. The van der Waals surface area contributed by atoms with Crippen molar-refractivity contribution in [3.8, 4) is 0 Å². The number of carbonyl (C=O) groups excluding carboxylic acids is 1. The minimum Gasteiger partial charge on any atom is -0.268 e. The molecule has 0 atom stereocenters. The quantitative estimate of drug-likeness (QED) is 0.864. The Morgan fingerprint density at radius 2 is 1.88 bits per heavy atom. The lowest BCUT2D eigenvalue weighted by atomic mass is 10.2. The summed E-state index contributed by atoms with van der Waals surface area (Å²) in [7, 11) is -1.65. The van der Waals surface area contributed by atoms with Crippen LogP contribution in [-0.4, -0.2) is 32.7 Å². The van der Waals surface area contributed by atoms with Crippen LogP contribution in [0.15, 0.2) is 18.2 Å². The predicted molar refractivity (Wildman–Crippen MR) is 56.4 cm³/mol. The van der Waals surface area contributed by atoms with Gasteiger partial charge in [0, 0.05) is 14.1 Å². The number of hydrogen-bond donors (Lipinski definition) is 1. The highest BCUT2D eigenvalue weighted by Crippen LogP contribution is 2.10. The smallest absolute Gasteiger partial charge is 0.268 e. The van der Waals surface area contributed by atoms with Crippen LogP contribution in [0.5, 0.6) is 0 Å². The Morgan fingerprint density at radius 1 is 1.29 bits per heavy atom. The van der Waals surface area contributed by atoms with Gasteiger partial charge >= 0.3 is 10.2 Å². The maximum Gasteiger partial charge on any atom is 0.303 e. The van der Waals surface area contributed by atoms with Gasteiger partial charge < -0.3 is 0 Å². The SMILES string of the molecule is CN(C)S(=O)(=O)NC(=O)c1cc(F)ccc1F. The molecule has 1 N–H and O–H groups in total. The van der Waals surface area contributed by atoms with Crippen molar-refractivity contribution in [2.24, 2.45) is 0 Å². The van der Waals surface area contributed by atoms with Gasteiger partial charge in [-0.1, -0.05) is 0 Å². The number of nitrogens with zero attached hydrogens (tertiary/aromatic N) is 1. The number of hydrogen-bond acceptors (Lipinski definition) is 3. The molecule has 0 aliphatic rings. The van der Waals surface area contributed by atoms with E-state index in [9.17, 15) is 22.0 Å². The molecule has 0 heterocycles. The Bertz CT molecular complexity index is 543. The molecule has 0 bridgehead atoms. The number of carbonyl (C=O) groups is 1. The summed E-state index contributed by atoms with van der Waals surface area (Å²) < 4.78 is 50.9. The summed E-state index contributed by atoms with van der Waals surface area (Å²) in [5, 5.41) is 0. The van der Waals surface area contributed by atoms with Crippen LogP contribution < -0.4 is 4.72 Å². The van der Waals surface area contributed by atoms with Crippen molar-refractivity contribution in [3.05, 3.63) is 35.4 Å². The minimum absolute atomic E-state index is 0.621. The zero-order valence-electron chi connectivity index (χ0n) is 9.07. The Balaban J connectivity index is 3.03. The van der Waals surface area contributed by atoms with Crippen LogP contribution in [0.4, 0.5) is 8.78 Å². The van der Waals surface area contributed by atoms with E-state index in [-0.39, 0.29) is 0 Å². The molecular weight excluding hydrogens is 254 g/mol. The van der Waals surface area contributed by atoms with Crippen molar-refractivity contribution < 1.29 is 22.0 Å². The molecule has 1 amide bonds. The zero-order chi connectivity index (χ0) is 13.2. The topological polar surface area (TPSA) is 66.5 Å². The van der Waals surface area contributed by atoms with Crippen LogP contribution in [0, 0.1) is 11.6 Å². The van der Waals surface area contributed by atoms with E-state index < -0.39 is 33.3 Å². The van der Waals surface area contributed by atoms with Crippen LogP contribution in [0.2, 0.25) is 0 Å². The summed E-state index contributed by atoms with van der Waals surface area (Å²) in [4.78, 5) is 11.4. The highest BCUT2D eigenvalue weighted by Gasteiger charge is 2.20. The van der Waals surface area contributed by atoms with Crippen LogP contribution in [-0.2, 0) is 10.2 Å². The fourth-order valence-electron chi connectivity index (χ4n) is 0.935. The summed E-state index contributed by atoms with van der Waals surface area (Å²) in [6, 6.07) is 2.19. The number of halogens is 2. The van der Waals surface area contributed by atoms with E-state index in [0.717, 1.165) is 16.4 Å². The predicted octanol–water partition coefficient (Wildman–Crippen LogP) is 0.501. The van der Waals surface area contributed by atoms with Gasteiger partial charge in [0.2, 0.25) is 0 Å². The van der Waals surface area contributed by atoms with Crippen molar-refractivity contribution >= 4 is 16.1 Å². The first-order valence-corrected chi connectivity index (χ1v) is 5.87. The third-order valence-electron chi connectivity index (χ3n) is 1.88. The van der Waals surface area contributed by atoms with Crippen LogP contribution in [0.25, 0.3) is 0 Å². The van der Waals surface area contributed by atoms with E-state index in [1.807, 2.05) is 0 Å². The van der Waals surface area contributed by atoms with E-state index >= 15 is 0 Å². The number of nitrogens with one attached hydrogen (secondary N) is 1. The van der Waals surface area contributed by atoms with E-state index in [2.05, 4.69) is 0 Å².